The van der Waals surface area contributed by atoms with Crippen LogP contribution in [0.15, 0.2) is 42.5 Å². The van der Waals surface area contributed by atoms with E-state index in [9.17, 15) is 9.18 Å². The first-order chi connectivity index (χ1) is 11.6. The molecule has 0 saturated carbocycles. The maximum absolute atomic E-state index is 13.8. The minimum Gasteiger partial charge on any atom is -0.369 e. The van der Waals surface area contributed by atoms with Gasteiger partial charge in [0.2, 0.25) is 5.91 Å². The molecule has 2 aromatic rings. The van der Waals surface area contributed by atoms with E-state index in [4.69, 9.17) is 10.7 Å². The first-order valence-electron chi connectivity index (χ1n) is 8.31. The molecule has 0 spiro atoms. The van der Waals surface area contributed by atoms with Crippen LogP contribution >= 0.6 is 0 Å². The third kappa shape index (κ3) is 4.17. The summed E-state index contributed by atoms with van der Waals surface area (Å²) in [5.41, 5.74) is 7.86. The van der Waals surface area contributed by atoms with Crippen molar-refractivity contribution >= 4 is 5.91 Å². The molecule has 0 bridgehead atoms. The van der Waals surface area contributed by atoms with Gasteiger partial charge in [-0.15, -0.1) is 0 Å². The lowest BCUT2D eigenvalue weighted by Gasteiger charge is -2.30. The summed E-state index contributed by atoms with van der Waals surface area (Å²) in [7, 11) is 0. The predicted octanol–water partition coefficient (Wildman–Crippen LogP) is 2.48. The van der Waals surface area contributed by atoms with E-state index in [0.717, 1.165) is 37.3 Å². The smallest absolute Gasteiger partial charge is 0.231 e. The van der Waals surface area contributed by atoms with Crippen LogP contribution in [-0.4, -0.2) is 35.4 Å². The molecule has 1 aromatic carbocycles. The number of benzene rings is 1. The second-order valence-electron chi connectivity index (χ2n) is 6.34. The fraction of sp³-hybridized carbons (Fsp3) is 0.368. The highest BCUT2D eigenvalue weighted by Gasteiger charge is 2.22. The van der Waals surface area contributed by atoms with Crippen molar-refractivity contribution in [2.75, 3.05) is 19.6 Å². The highest BCUT2D eigenvalue weighted by molar-refractivity contribution is 5.75. The van der Waals surface area contributed by atoms with E-state index in [1.54, 1.807) is 12.1 Å². The van der Waals surface area contributed by atoms with E-state index < -0.39 is 0 Å². The number of carbonyl (C=O) groups excluding carboxylic acids is 1. The van der Waals surface area contributed by atoms with Gasteiger partial charge in [0.05, 0.1) is 6.54 Å². The lowest BCUT2D eigenvalue weighted by Crippen LogP contribution is -2.39. The average Bonchev–Trinajstić information content (AvgIpc) is 2.57. The van der Waals surface area contributed by atoms with Crippen molar-refractivity contribution in [3.05, 3.63) is 65.2 Å². The van der Waals surface area contributed by atoms with Crippen molar-refractivity contribution in [3.8, 4) is 0 Å². The summed E-state index contributed by atoms with van der Waals surface area (Å²) in [6.07, 6.45) is 2.42. The van der Waals surface area contributed by atoms with Gasteiger partial charge in [-0.25, -0.2) is 4.39 Å². The molecule has 1 aliphatic heterocycles. The van der Waals surface area contributed by atoms with E-state index in [1.807, 2.05) is 24.3 Å². The summed E-state index contributed by atoms with van der Waals surface area (Å²) >= 11 is 0. The van der Waals surface area contributed by atoms with Crippen LogP contribution in [0.1, 0.15) is 35.7 Å². The molecule has 3 rings (SSSR count). The zero-order chi connectivity index (χ0) is 16.9. The van der Waals surface area contributed by atoms with Crippen molar-refractivity contribution in [2.24, 2.45) is 5.73 Å². The van der Waals surface area contributed by atoms with Gasteiger partial charge in [0.15, 0.2) is 0 Å². The van der Waals surface area contributed by atoms with Gasteiger partial charge >= 0.3 is 0 Å². The molecule has 2 heterocycles. The molecular weight excluding hydrogens is 305 g/mol. The molecule has 24 heavy (non-hydrogen) atoms. The van der Waals surface area contributed by atoms with Crippen LogP contribution in [0.2, 0.25) is 0 Å². The molecule has 1 aliphatic rings. The highest BCUT2D eigenvalue weighted by atomic mass is 19.1. The van der Waals surface area contributed by atoms with E-state index in [1.165, 1.54) is 6.07 Å². The number of nitrogens with zero attached hydrogens (tertiary/aromatic N) is 2. The van der Waals surface area contributed by atoms with Crippen LogP contribution in [0.25, 0.3) is 0 Å². The monoisotopic (exact) mass is 327 g/mol. The number of primary amides is 1. The highest BCUT2D eigenvalue weighted by Crippen LogP contribution is 2.27. The summed E-state index contributed by atoms with van der Waals surface area (Å²) in [6, 6.07) is 12.8. The SMILES string of the molecule is NC(=O)CN1CCC(c2cccc(Cc3ccccc3F)n2)CC1. The number of halogens is 1. The minimum atomic E-state index is -0.279. The van der Waals surface area contributed by atoms with Crippen LogP contribution < -0.4 is 5.73 Å². The number of likely N-dealkylation sites (tertiary alicyclic amines) is 1. The van der Waals surface area contributed by atoms with Crippen molar-refractivity contribution in [1.29, 1.82) is 0 Å². The molecule has 1 aromatic heterocycles. The quantitative estimate of drug-likeness (QED) is 0.918. The van der Waals surface area contributed by atoms with Gasteiger partial charge in [0, 0.05) is 23.7 Å². The summed E-state index contributed by atoms with van der Waals surface area (Å²) in [5.74, 6) is -0.0855. The largest absolute Gasteiger partial charge is 0.369 e. The third-order valence-electron chi connectivity index (χ3n) is 4.54. The number of amides is 1. The zero-order valence-electron chi connectivity index (χ0n) is 13.6. The number of rotatable bonds is 5. The summed E-state index contributed by atoms with van der Waals surface area (Å²) in [4.78, 5) is 17.8. The molecule has 1 fully saturated rings. The summed E-state index contributed by atoms with van der Waals surface area (Å²) in [6.45, 7) is 2.03. The normalized spacial score (nSPS) is 16.2. The first kappa shape index (κ1) is 16.6. The average molecular weight is 327 g/mol. The molecule has 1 saturated heterocycles. The van der Waals surface area contributed by atoms with Gasteiger partial charge in [-0.3, -0.25) is 14.7 Å². The fourth-order valence-corrected chi connectivity index (χ4v) is 3.27. The van der Waals surface area contributed by atoms with Gasteiger partial charge in [-0.1, -0.05) is 24.3 Å². The number of hydrogen-bond donors (Lipinski definition) is 1. The number of hydrogen-bond acceptors (Lipinski definition) is 3. The molecule has 2 N–H and O–H groups in total. The minimum absolute atomic E-state index is 0.190. The van der Waals surface area contributed by atoms with Crippen LogP contribution in [0, 0.1) is 5.82 Å². The third-order valence-corrected chi connectivity index (χ3v) is 4.54. The van der Waals surface area contributed by atoms with Crippen LogP contribution in [0.4, 0.5) is 4.39 Å². The van der Waals surface area contributed by atoms with Gasteiger partial charge in [0.25, 0.3) is 0 Å². The van der Waals surface area contributed by atoms with Gasteiger partial charge < -0.3 is 5.73 Å². The van der Waals surface area contributed by atoms with Crippen LogP contribution in [0.3, 0.4) is 0 Å². The fourth-order valence-electron chi connectivity index (χ4n) is 3.27. The maximum atomic E-state index is 13.8. The maximum Gasteiger partial charge on any atom is 0.231 e. The number of pyridine rings is 1. The van der Waals surface area contributed by atoms with E-state index in [0.29, 0.717) is 24.4 Å². The van der Waals surface area contributed by atoms with Gasteiger partial charge in [-0.05, 0) is 49.7 Å². The molecule has 1 amide bonds. The van der Waals surface area contributed by atoms with Gasteiger partial charge in [-0.2, -0.15) is 0 Å². The van der Waals surface area contributed by atoms with Crippen LogP contribution in [0.5, 0.6) is 0 Å². The number of piperidine rings is 1. The molecule has 0 aliphatic carbocycles. The zero-order valence-corrected chi connectivity index (χ0v) is 13.6. The molecule has 0 atom stereocenters. The lowest BCUT2D eigenvalue weighted by molar-refractivity contribution is -0.119. The number of nitrogens with two attached hydrogens (primary N) is 1. The Kier molecular flexibility index (Phi) is 5.20. The second kappa shape index (κ2) is 7.53. The predicted molar refractivity (Wildman–Crippen MR) is 91.1 cm³/mol. The summed E-state index contributed by atoms with van der Waals surface area (Å²) < 4.78 is 13.8. The first-order valence-corrected chi connectivity index (χ1v) is 8.31. The van der Waals surface area contributed by atoms with E-state index >= 15 is 0 Å². The Labute approximate surface area is 141 Å². The standard InChI is InChI=1S/C19H22FN3O/c20-17-6-2-1-4-15(17)12-16-5-3-7-18(22-16)14-8-10-23(11-9-14)13-19(21)24/h1-7,14H,8-13H2,(H2,21,24). The Balaban J connectivity index is 1.66. The topological polar surface area (TPSA) is 59.2 Å². The van der Waals surface area contributed by atoms with E-state index in [2.05, 4.69) is 4.90 Å². The number of aromatic nitrogens is 1. The Bertz CT molecular complexity index is 711. The molecule has 0 radical (unpaired) electrons. The van der Waals surface area contributed by atoms with Crippen molar-refractivity contribution < 1.29 is 9.18 Å². The van der Waals surface area contributed by atoms with Crippen molar-refractivity contribution in [3.63, 3.8) is 0 Å². The molecular formula is C19H22FN3O. The summed E-state index contributed by atoms with van der Waals surface area (Å²) in [5, 5.41) is 0. The molecule has 126 valence electrons. The van der Waals surface area contributed by atoms with Gasteiger partial charge in [0.1, 0.15) is 5.82 Å². The van der Waals surface area contributed by atoms with E-state index in [-0.39, 0.29) is 11.7 Å². The Morgan fingerprint density at radius 1 is 1.17 bits per heavy atom. The molecule has 4 nitrogen and oxygen atoms in total. The Morgan fingerprint density at radius 2 is 1.92 bits per heavy atom. The van der Waals surface area contributed by atoms with Crippen molar-refractivity contribution in [1.82, 2.24) is 9.88 Å². The van der Waals surface area contributed by atoms with Crippen molar-refractivity contribution in [2.45, 2.75) is 25.2 Å². The lowest BCUT2D eigenvalue weighted by atomic mass is 9.92. The van der Waals surface area contributed by atoms with Crippen LogP contribution in [-0.2, 0) is 11.2 Å². The molecule has 0 unspecified atom stereocenters. The Morgan fingerprint density at radius 3 is 2.62 bits per heavy atom. The molecule has 5 heteroatoms. The Hall–Kier alpha value is -2.27. The second-order valence-corrected chi connectivity index (χ2v) is 6.34. The number of carbonyl (C=O) groups is 1.